The lowest BCUT2D eigenvalue weighted by molar-refractivity contribution is -0.384. The van der Waals surface area contributed by atoms with Crippen LogP contribution in [0.2, 0.25) is 0 Å². The fraction of sp³-hybridized carbons (Fsp3) is 0.368. The Bertz CT molecular complexity index is 763. The number of pyridine rings is 1. The van der Waals surface area contributed by atoms with E-state index < -0.39 is 4.92 Å². The van der Waals surface area contributed by atoms with Crippen LogP contribution in [0.5, 0.6) is 5.88 Å². The molecule has 0 atom stereocenters. The highest BCUT2D eigenvalue weighted by molar-refractivity contribution is 5.75. The summed E-state index contributed by atoms with van der Waals surface area (Å²) in [6.07, 6.45) is 2.69. The molecule has 0 aliphatic heterocycles. The predicted molar refractivity (Wildman–Crippen MR) is 103 cm³/mol. The van der Waals surface area contributed by atoms with Crippen molar-refractivity contribution in [2.75, 3.05) is 11.9 Å². The minimum Gasteiger partial charge on any atom is -0.475 e. The first-order valence-corrected chi connectivity index (χ1v) is 8.81. The maximum atomic E-state index is 12.0. The van der Waals surface area contributed by atoms with Gasteiger partial charge in [-0.05, 0) is 38.5 Å². The molecule has 1 amide bonds. The second kappa shape index (κ2) is 10.1. The maximum absolute atomic E-state index is 12.0. The number of nitro groups is 1. The average molecular weight is 372 g/mol. The molecule has 0 aliphatic carbocycles. The highest BCUT2D eigenvalue weighted by Crippen LogP contribution is 2.16. The summed E-state index contributed by atoms with van der Waals surface area (Å²) in [6.45, 7) is 4.81. The van der Waals surface area contributed by atoms with Crippen LogP contribution in [-0.4, -0.2) is 28.5 Å². The van der Waals surface area contributed by atoms with Crippen molar-refractivity contribution in [2.45, 2.75) is 39.3 Å². The van der Waals surface area contributed by atoms with Gasteiger partial charge in [-0.25, -0.2) is 4.98 Å². The quantitative estimate of drug-likeness (QED) is 0.376. The molecule has 0 saturated heterocycles. The van der Waals surface area contributed by atoms with E-state index in [0.717, 1.165) is 11.3 Å². The van der Waals surface area contributed by atoms with Gasteiger partial charge in [-0.2, -0.15) is 0 Å². The third-order valence-corrected chi connectivity index (χ3v) is 3.66. The average Bonchev–Trinajstić information content (AvgIpc) is 2.64. The van der Waals surface area contributed by atoms with Crippen molar-refractivity contribution < 1.29 is 14.5 Å². The number of aromatic nitrogens is 1. The molecule has 0 radical (unpaired) electrons. The third-order valence-electron chi connectivity index (χ3n) is 3.66. The Hall–Kier alpha value is -3.16. The smallest absolute Gasteiger partial charge is 0.269 e. The number of benzene rings is 1. The van der Waals surface area contributed by atoms with Gasteiger partial charge < -0.3 is 15.4 Å². The van der Waals surface area contributed by atoms with E-state index in [1.165, 1.54) is 12.1 Å². The van der Waals surface area contributed by atoms with E-state index in [2.05, 4.69) is 15.6 Å². The molecule has 0 spiro atoms. The largest absolute Gasteiger partial charge is 0.475 e. The zero-order valence-corrected chi connectivity index (χ0v) is 15.5. The van der Waals surface area contributed by atoms with Gasteiger partial charge in [0, 0.05) is 49.1 Å². The topological polar surface area (TPSA) is 106 Å². The Morgan fingerprint density at radius 1 is 1.26 bits per heavy atom. The summed E-state index contributed by atoms with van der Waals surface area (Å²) in [7, 11) is 0. The normalized spacial score (nSPS) is 10.5. The van der Waals surface area contributed by atoms with E-state index >= 15 is 0 Å². The standard InChI is InChI=1S/C19H24N4O4/c1-14(2)27-19-15(5-3-12-21-19)13-22-18(24)6-4-11-20-16-7-9-17(10-8-16)23(25)26/h3,5,7-10,12,14,20H,4,6,11,13H2,1-2H3,(H,22,24). The summed E-state index contributed by atoms with van der Waals surface area (Å²) < 4.78 is 5.63. The van der Waals surface area contributed by atoms with Crippen LogP contribution in [-0.2, 0) is 11.3 Å². The van der Waals surface area contributed by atoms with Crippen LogP contribution in [0.3, 0.4) is 0 Å². The fourth-order valence-corrected chi connectivity index (χ4v) is 2.35. The number of nitro benzene ring substituents is 1. The van der Waals surface area contributed by atoms with Gasteiger partial charge in [-0.15, -0.1) is 0 Å². The van der Waals surface area contributed by atoms with E-state index in [4.69, 9.17) is 4.74 Å². The minimum atomic E-state index is -0.437. The van der Waals surface area contributed by atoms with Crippen molar-refractivity contribution in [1.29, 1.82) is 0 Å². The van der Waals surface area contributed by atoms with Gasteiger partial charge in [-0.3, -0.25) is 14.9 Å². The molecule has 8 heteroatoms. The van der Waals surface area contributed by atoms with E-state index in [1.54, 1.807) is 18.3 Å². The van der Waals surface area contributed by atoms with Crippen LogP contribution in [0.25, 0.3) is 0 Å². The van der Waals surface area contributed by atoms with Crippen LogP contribution < -0.4 is 15.4 Å². The van der Waals surface area contributed by atoms with Crippen molar-refractivity contribution in [1.82, 2.24) is 10.3 Å². The molecule has 0 unspecified atom stereocenters. The summed E-state index contributed by atoms with van der Waals surface area (Å²) in [4.78, 5) is 26.4. The maximum Gasteiger partial charge on any atom is 0.269 e. The molecule has 0 fully saturated rings. The number of non-ortho nitro benzene ring substituents is 1. The third kappa shape index (κ3) is 6.93. The first-order chi connectivity index (χ1) is 13.0. The molecule has 0 aliphatic rings. The molecular formula is C19H24N4O4. The van der Waals surface area contributed by atoms with Crippen LogP contribution in [0.1, 0.15) is 32.3 Å². The lowest BCUT2D eigenvalue weighted by Crippen LogP contribution is -2.24. The van der Waals surface area contributed by atoms with Crippen molar-refractivity contribution >= 4 is 17.3 Å². The molecule has 0 saturated carbocycles. The molecule has 1 heterocycles. The van der Waals surface area contributed by atoms with E-state index in [-0.39, 0.29) is 17.7 Å². The molecule has 8 nitrogen and oxygen atoms in total. The summed E-state index contributed by atoms with van der Waals surface area (Å²) in [5, 5.41) is 16.6. The van der Waals surface area contributed by atoms with E-state index in [9.17, 15) is 14.9 Å². The van der Waals surface area contributed by atoms with Crippen molar-refractivity contribution in [3.05, 3.63) is 58.3 Å². The molecule has 144 valence electrons. The van der Waals surface area contributed by atoms with E-state index in [0.29, 0.717) is 31.8 Å². The number of carbonyl (C=O) groups excluding carboxylic acids is 1. The second-order valence-corrected chi connectivity index (χ2v) is 6.25. The Morgan fingerprint density at radius 3 is 2.67 bits per heavy atom. The van der Waals surface area contributed by atoms with Gasteiger partial charge in [0.05, 0.1) is 11.0 Å². The SMILES string of the molecule is CC(C)Oc1ncccc1CNC(=O)CCCNc1ccc([N+](=O)[O-])cc1. The molecule has 1 aromatic heterocycles. The van der Waals surface area contributed by atoms with Crippen LogP contribution in [0, 0.1) is 10.1 Å². The van der Waals surface area contributed by atoms with Crippen molar-refractivity contribution in [3.8, 4) is 5.88 Å². The summed E-state index contributed by atoms with van der Waals surface area (Å²) in [5.41, 5.74) is 1.67. The molecular weight excluding hydrogens is 348 g/mol. The van der Waals surface area contributed by atoms with Gasteiger partial charge in [0.1, 0.15) is 0 Å². The van der Waals surface area contributed by atoms with Gasteiger partial charge >= 0.3 is 0 Å². The first kappa shape index (κ1) is 20.2. The lowest BCUT2D eigenvalue weighted by atomic mass is 10.2. The molecule has 27 heavy (non-hydrogen) atoms. The van der Waals surface area contributed by atoms with Gasteiger partial charge in [0.25, 0.3) is 5.69 Å². The van der Waals surface area contributed by atoms with Crippen LogP contribution >= 0.6 is 0 Å². The Labute approximate surface area is 158 Å². The number of ether oxygens (including phenoxy) is 1. The summed E-state index contributed by atoms with van der Waals surface area (Å²) in [5.74, 6) is 0.479. The van der Waals surface area contributed by atoms with Crippen LogP contribution in [0.15, 0.2) is 42.6 Å². The fourth-order valence-electron chi connectivity index (χ4n) is 2.35. The number of hydrogen-bond donors (Lipinski definition) is 2. The molecule has 0 bridgehead atoms. The van der Waals surface area contributed by atoms with E-state index in [1.807, 2.05) is 26.0 Å². The molecule has 2 rings (SSSR count). The summed E-state index contributed by atoms with van der Waals surface area (Å²) >= 11 is 0. The zero-order chi connectivity index (χ0) is 19.6. The highest BCUT2D eigenvalue weighted by atomic mass is 16.6. The Morgan fingerprint density at radius 2 is 2.00 bits per heavy atom. The number of carbonyl (C=O) groups is 1. The van der Waals surface area contributed by atoms with Gasteiger partial charge in [0.15, 0.2) is 0 Å². The number of rotatable bonds is 10. The molecule has 1 aromatic carbocycles. The predicted octanol–water partition coefficient (Wildman–Crippen LogP) is 3.29. The second-order valence-electron chi connectivity index (χ2n) is 6.25. The van der Waals surface area contributed by atoms with Crippen LogP contribution in [0.4, 0.5) is 11.4 Å². The van der Waals surface area contributed by atoms with Gasteiger partial charge in [0.2, 0.25) is 11.8 Å². The lowest BCUT2D eigenvalue weighted by Gasteiger charge is -2.13. The van der Waals surface area contributed by atoms with Crippen molar-refractivity contribution in [2.24, 2.45) is 0 Å². The monoisotopic (exact) mass is 372 g/mol. The number of anilines is 1. The Balaban J connectivity index is 1.70. The van der Waals surface area contributed by atoms with Crippen molar-refractivity contribution in [3.63, 3.8) is 0 Å². The zero-order valence-electron chi connectivity index (χ0n) is 15.5. The molecule has 2 aromatic rings. The highest BCUT2D eigenvalue weighted by Gasteiger charge is 2.08. The number of nitrogens with zero attached hydrogens (tertiary/aromatic N) is 2. The number of hydrogen-bond acceptors (Lipinski definition) is 6. The minimum absolute atomic E-state index is 0.0137. The molecule has 2 N–H and O–H groups in total. The first-order valence-electron chi connectivity index (χ1n) is 8.81. The number of amides is 1. The number of nitrogens with one attached hydrogen (secondary N) is 2. The summed E-state index contributed by atoms with van der Waals surface area (Å²) in [6, 6.07) is 9.87. The Kier molecular flexibility index (Phi) is 7.54. The van der Waals surface area contributed by atoms with Gasteiger partial charge in [-0.1, -0.05) is 6.07 Å².